The van der Waals surface area contributed by atoms with Crippen molar-refractivity contribution < 1.29 is 14.7 Å². The SMILES string of the molecule is Cc1nc(C(=O)N2[C@H](C(=O)O)C[C@@H]3CCCC[C@@H]32)nn1-c1ccccc1Cl. The van der Waals surface area contributed by atoms with Gasteiger partial charge >= 0.3 is 5.97 Å². The molecule has 1 aromatic carbocycles. The summed E-state index contributed by atoms with van der Waals surface area (Å²) >= 11 is 6.24. The monoisotopic (exact) mass is 388 g/mol. The van der Waals surface area contributed by atoms with Crippen LogP contribution in [0.25, 0.3) is 5.69 Å². The Bertz CT molecular complexity index is 897. The van der Waals surface area contributed by atoms with Crippen molar-refractivity contribution >= 4 is 23.5 Å². The predicted octanol–water partition coefficient (Wildman–Crippen LogP) is 3.09. The van der Waals surface area contributed by atoms with Gasteiger partial charge in [-0.2, -0.15) is 0 Å². The lowest BCUT2D eigenvalue weighted by Gasteiger charge is -2.32. The Balaban J connectivity index is 1.69. The maximum absolute atomic E-state index is 13.2. The molecule has 1 saturated carbocycles. The number of benzene rings is 1. The lowest BCUT2D eigenvalue weighted by molar-refractivity contribution is -0.141. The predicted molar refractivity (Wildman–Crippen MR) is 99.1 cm³/mol. The fraction of sp³-hybridized carbons (Fsp3) is 0.474. The van der Waals surface area contributed by atoms with E-state index in [0.717, 1.165) is 25.7 Å². The molecule has 0 radical (unpaired) electrons. The van der Waals surface area contributed by atoms with Crippen LogP contribution < -0.4 is 0 Å². The van der Waals surface area contributed by atoms with Crippen LogP contribution in [0.4, 0.5) is 0 Å². The Morgan fingerprint density at radius 2 is 1.96 bits per heavy atom. The minimum Gasteiger partial charge on any atom is -0.480 e. The number of carbonyl (C=O) groups excluding carboxylic acids is 1. The lowest BCUT2D eigenvalue weighted by atomic mass is 9.85. The van der Waals surface area contributed by atoms with E-state index in [0.29, 0.717) is 23.0 Å². The molecule has 7 nitrogen and oxygen atoms in total. The van der Waals surface area contributed by atoms with E-state index in [1.54, 1.807) is 19.1 Å². The molecule has 8 heteroatoms. The third-order valence-electron chi connectivity index (χ3n) is 5.65. The van der Waals surface area contributed by atoms with Gasteiger partial charge in [-0.15, -0.1) is 5.10 Å². The molecule has 1 aliphatic carbocycles. The van der Waals surface area contributed by atoms with Crippen LogP contribution in [-0.4, -0.2) is 48.7 Å². The summed E-state index contributed by atoms with van der Waals surface area (Å²) in [6, 6.07) is 6.34. The van der Waals surface area contributed by atoms with Crippen molar-refractivity contribution in [1.82, 2.24) is 19.7 Å². The minimum atomic E-state index is -0.958. The summed E-state index contributed by atoms with van der Waals surface area (Å²) in [4.78, 5) is 30.8. The Morgan fingerprint density at radius 1 is 1.22 bits per heavy atom. The number of carboxylic acids is 1. The number of nitrogens with zero attached hydrogens (tertiary/aromatic N) is 4. The number of carbonyl (C=O) groups is 2. The Hall–Kier alpha value is -2.41. The number of likely N-dealkylation sites (tertiary alicyclic amines) is 1. The van der Waals surface area contributed by atoms with E-state index in [-0.39, 0.29) is 17.8 Å². The number of fused-ring (bicyclic) bond motifs is 1. The summed E-state index contributed by atoms with van der Waals surface area (Å²) in [5.74, 6) is -0.580. The molecule has 0 unspecified atom stereocenters. The van der Waals surface area contributed by atoms with Crippen molar-refractivity contribution in [2.45, 2.75) is 51.1 Å². The number of rotatable bonds is 3. The lowest BCUT2D eigenvalue weighted by Crippen LogP contribution is -2.46. The molecule has 1 aliphatic heterocycles. The molecule has 2 aliphatic rings. The van der Waals surface area contributed by atoms with Crippen LogP contribution in [0.3, 0.4) is 0 Å². The maximum atomic E-state index is 13.2. The van der Waals surface area contributed by atoms with Crippen LogP contribution in [0.15, 0.2) is 24.3 Å². The Kier molecular flexibility index (Phi) is 4.63. The van der Waals surface area contributed by atoms with Crippen LogP contribution in [-0.2, 0) is 4.79 Å². The first-order chi connectivity index (χ1) is 13.0. The van der Waals surface area contributed by atoms with Gasteiger partial charge in [0.15, 0.2) is 0 Å². The number of aliphatic carboxylic acids is 1. The van der Waals surface area contributed by atoms with E-state index in [1.165, 1.54) is 9.58 Å². The zero-order chi connectivity index (χ0) is 19.1. The smallest absolute Gasteiger partial charge is 0.326 e. The van der Waals surface area contributed by atoms with E-state index >= 15 is 0 Å². The first-order valence-corrected chi connectivity index (χ1v) is 9.59. The molecule has 3 atom stereocenters. The molecular weight excluding hydrogens is 368 g/mol. The summed E-state index contributed by atoms with van der Waals surface area (Å²) in [7, 11) is 0. The van der Waals surface area contributed by atoms with Gasteiger partial charge in [-0.25, -0.2) is 14.5 Å². The molecule has 0 bridgehead atoms. The summed E-state index contributed by atoms with van der Waals surface area (Å²) in [5.41, 5.74) is 0.634. The molecule has 1 saturated heterocycles. The van der Waals surface area contributed by atoms with Crippen LogP contribution in [0.5, 0.6) is 0 Å². The summed E-state index contributed by atoms with van der Waals surface area (Å²) < 4.78 is 1.53. The average Bonchev–Trinajstić information content (AvgIpc) is 3.22. The van der Waals surface area contributed by atoms with Crippen molar-refractivity contribution in [3.63, 3.8) is 0 Å². The van der Waals surface area contributed by atoms with Gasteiger partial charge in [-0.1, -0.05) is 36.6 Å². The first kappa shape index (κ1) is 18.0. The highest BCUT2D eigenvalue weighted by atomic mass is 35.5. The summed E-state index contributed by atoms with van der Waals surface area (Å²) in [5, 5.41) is 14.5. The molecule has 142 valence electrons. The number of amides is 1. The van der Waals surface area contributed by atoms with E-state index in [2.05, 4.69) is 10.1 Å². The second kappa shape index (κ2) is 6.96. The van der Waals surface area contributed by atoms with Gasteiger partial charge in [-0.05, 0) is 44.2 Å². The van der Waals surface area contributed by atoms with E-state index < -0.39 is 17.9 Å². The van der Waals surface area contributed by atoms with Crippen molar-refractivity contribution in [3.05, 3.63) is 40.9 Å². The Morgan fingerprint density at radius 3 is 2.70 bits per heavy atom. The van der Waals surface area contributed by atoms with Gasteiger partial charge in [-0.3, -0.25) is 4.79 Å². The van der Waals surface area contributed by atoms with Crippen LogP contribution in [0.2, 0.25) is 5.02 Å². The van der Waals surface area contributed by atoms with Gasteiger partial charge in [0.25, 0.3) is 5.91 Å². The highest BCUT2D eigenvalue weighted by Crippen LogP contribution is 2.40. The molecule has 2 fully saturated rings. The number of halogens is 1. The van der Waals surface area contributed by atoms with Crippen molar-refractivity contribution in [1.29, 1.82) is 0 Å². The van der Waals surface area contributed by atoms with Crippen LogP contribution >= 0.6 is 11.6 Å². The van der Waals surface area contributed by atoms with Crippen LogP contribution in [0.1, 0.15) is 48.5 Å². The molecule has 1 amide bonds. The van der Waals surface area contributed by atoms with Crippen molar-refractivity contribution in [2.75, 3.05) is 0 Å². The number of aryl methyl sites for hydroxylation is 1. The zero-order valence-electron chi connectivity index (χ0n) is 15.0. The van der Waals surface area contributed by atoms with Crippen molar-refractivity contribution in [3.8, 4) is 5.69 Å². The zero-order valence-corrected chi connectivity index (χ0v) is 15.8. The van der Waals surface area contributed by atoms with E-state index in [4.69, 9.17) is 11.6 Å². The van der Waals surface area contributed by atoms with Crippen molar-refractivity contribution in [2.24, 2.45) is 5.92 Å². The normalized spacial score (nSPS) is 24.7. The Labute approximate surface area is 161 Å². The van der Waals surface area contributed by atoms with Gasteiger partial charge in [0.1, 0.15) is 11.9 Å². The molecule has 1 aromatic heterocycles. The summed E-state index contributed by atoms with van der Waals surface area (Å²) in [6.45, 7) is 1.75. The van der Waals surface area contributed by atoms with E-state index in [1.807, 2.05) is 12.1 Å². The molecule has 4 rings (SSSR count). The fourth-order valence-electron chi connectivity index (χ4n) is 4.42. The van der Waals surface area contributed by atoms with Gasteiger partial charge < -0.3 is 10.0 Å². The average molecular weight is 389 g/mol. The molecule has 0 spiro atoms. The highest BCUT2D eigenvalue weighted by Gasteiger charge is 2.48. The molecule has 1 N–H and O–H groups in total. The second-order valence-corrected chi connectivity index (χ2v) is 7.67. The number of carboxylic acid groups (broad SMARTS) is 1. The quantitative estimate of drug-likeness (QED) is 0.872. The first-order valence-electron chi connectivity index (χ1n) is 9.21. The topological polar surface area (TPSA) is 88.3 Å². The number of hydrogen-bond donors (Lipinski definition) is 1. The molecule has 27 heavy (non-hydrogen) atoms. The third-order valence-corrected chi connectivity index (χ3v) is 5.97. The second-order valence-electron chi connectivity index (χ2n) is 7.26. The standard InChI is InChI=1S/C19H21ClN4O3/c1-11-21-17(22-24(11)15-9-5-3-7-13(15)20)18(25)23-14-8-4-2-6-12(14)10-16(23)19(26)27/h3,5,7,9,12,14,16H,2,4,6,8,10H2,1H3,(H,26,27)/t12-,14-,16-/m0/s1. The summed E-state index contributed by atoms with van der Waals surface area (Å²) in [6.07, 6.45) is 4.42. The van der Waals surface area contributed by atoms with E-state index in [9.17, 15) is 14.7 Å². The third kappa shape index (κ3) is 3.10. The van der Waals surface area contributed by atoms with Gasteiger partial charge in [0.05, 0.1) is 10.7 Å². The molecule has 2 heterocycles. The molecular formula is C19H21ClN4O3. The largest absolute Gasteiger partial charge is 0.480 e. The van der Waals surface area contributed by atoms with Gasteiger partial charge in [0, 0.05) is 6.04 Å². The van der Waals surface area contributed by atoms with Crippen LogP contribution in [0, 0.1) is 12.8 Å². The fourth-order valence-corrected chi connectivity index (χ4v) is 4.64. The number of hydrogen-bond acceptors (Lipinski definition) is 4. The highest BCUT2D eigenvalue weighted by molar-refractivity contribution is 6.32. The number of para-hydroxylation sites is 1. The maximum Gasteiger partial charge on any atom is 0.326 e. The van der Waals surface area contributed by atoms with Gasteiger partial charge in [0.2, 0.25) is 5.82 Å². The number of aromatic nitrogens is 3. The molecule has 2 aromatic rings. The minimum absolute atomic E-state index is 0.0184.